The number of amides is 2. The molecule has 106 valence electrons. The van der Waals surface area contributed by atoms with Gasteiger partial charge in [0.2, 0.25) is 0 Å². The van der Waals surface area contributed by atoms with Crippen LogP contribution in [0.15, 0.2) is 18.2 Å². The molecular weight excluding hydrogens is 240 g/mol. The molecule has 0 saturated carbocycles. The number of nitrogens with one attached hydrogen (secondary N) is 2. The van der Waals surface area contributed by atoms with E-state index in [1.807, 2.05) is 26.0 Å². The molecule has 0 fully saturated rings. The Morgan fingerprint density at radius 3 is 2.47 bits per heavy atom. The van der Waals surface area contributed by atoms with Crippen molar-refractivity contribution in [2.45, 2.75) is 46.2 Å². The summed E-state index contributed by atoms with van der Waals surface area (Å²) in [6.45, 7) is 8.60. The molecule has 0 unspecified atom stereocenters. The maximum absolute atomic E-state index is 11.5. The highest BCUT2D eigenvalue weighted by Gasteiger charge is 2.08. The minimum atomic E-state index is -0.162. The predicted molar refractivity (Wildman–Crippen MR) is 77.6 cm³/mol. The molecule has 0 aliphatic heterocycles. The quantitative estimate of drug-likeness (QED) is 0.859. The summed E-state index contributed by atoms with van der Waals surface area (Å²) in [5.74, 6) is 1.27. The van der Waals surface area contributed by atoms with Crippen LogP contribution < -0.4 is 15.4 Å². The number of urea groups is 1. The Kier molecular flexibility index (Phi) is 5.67. The molecule has 2 amide bonds. The van der Waals surface area contributed by atoms with Crippen molar-refractivity contribution < 1.29 is 9.53 Å². The molecule has 0 heterocycles. The lowest BCUT2D eigenvalue weighted by Gasteiger charge is -2.14. The van der Waals surface area contributed by atoms with Gasteiger partial charge >= 0.3 is 6.03 Å². The molecule has 4 nitrogen and oxygen atoms in total. The fraction of sp³-hybridized carbons (Fsp3) is 0.533. The number of carbonyl (C=O) groups excluding carboxylic acids is 1. The maximum Gasteiger partial charge on any atom is 0.315 e. The molecule has 1 rings (SSSR count). The first-order valence-corrected chi connectivity index (χ1v) is 6.65. The van der Waals surface area contributed by atoms with Crippen molar-refractivity contribution in [3.05, 3.63) is 29.3 Å². The van der Waals surface area contributed by atoms with Gasteiger partial charge in [-0.15, -0.1) is 0 Å². The Morgan fingerprint density at radius 2 is 1.95 bits per heavy atom. The van der Waals surface area contributed by atoms with Crippen LogP contribution in [0.4, 0.5) is 4.79 Å². The zero-order valence-corrected chi connectivity index (χ0v) is 12.4. The third-order valence-electron chi connectivity index (χ3n) is 2.84. The van der Waals surface area contributed by atoms with Crippen molar-refractivity contribution in [2.24, 2.45) is 0 Å². The van der Waals surface area contributed by atoms with Gasteiger partial charge in [0.15, 0.2) is 0 Å². The largest absolute Gasteiger partial charge is 0.496 e. The number of hydrogen-bond acceptors (Lipinski definition) is 2. The number of benzene rings is 1. The molecule has 0 aromatic heterocycles. The van der Waals surface area contributed by atoms with Crippen LogP contribution in [0.5, 0.6) is 5.75 Å². The van der Waals surface area contributed by atoms with Gasteiger partial charge in [0.1, 0.15) is 5.75 Å². The Morgan fingerprint density at radius 1 is 1.26 bits per heavy atom. The normalized spacial score (nSPS) is 10.7. The summed E-state index contributed by atoms with van der Waals surface area (Å²) in [7, 11) is 1.65. The number of ether oxygens (including phenoxy) is 1. The minimum absolute atomic E-state index is 0.130. The molecule has 0 atom stereocenters. The smallest absolute Gasteiger partial charge is 0.315 e. The third-order valence-corrected chi connectivity index (χ3v) is 2.84. The lowest BCUT2D eigenvalue weighted by atomic mass is 10.0. The highest BCUT2D eigenvalue weighted by molar-refractivity contribution is 5.74. The first-order chi connectivity index (χ1) is 8.93. The molecule has 1 aromatic rings. The predicted octanol–water partition coefficient (Wildman–Crippen LogP) is 3.03. The van der Waals surface area contributed by atoms with E-state index < -0.39 is 0 Å². The summed E-state index contributed by atoms with van der Waals surface area (Å²) in [5.41, 5.74) is 2.21. The zero-order chi connectivity index (χ0) is 14.4. The van der Waals surface area contributed by atoms with E-state index in [2.05, 4.69) is 30.5 Å². The van der Waals surface area contributed by atoms with Gasteiger partial charge in [-0.1, -0.05) is 26.0 Å². The lowest BCUT2D eigenvalue weighted by Crippen LogP contribution is -2.39. The SMILES string of the molecule is COc1cc(C(C)C)ccc1CNC(=O)NC(C)C. The molecule has 0 bridgehead atoms. The molecule has 0 aliphatic carbocycles. The van der Waals surface area contributed by atoms with Gasteiger partial charge < -0.3 is 15.4 Å². The van der Waals surface area contributed by atoms with E-state index >= 15 is 0 Å². The van der Waals surface area contributed by atoms with Gasteiger partial charge in [-0.2, -0.15) is 0 Å². The zero-order valence-electron chi connectivity index (χ0n) is 12.4. The van der Waals surface area contributed by atoms with Crippen molar-refractivity contribution in [3.63, 3.8) is 0 Å². The van der Waals surface area contributed by atoms with Crippen LogP contribution in [0.2, 0.25) is 0 Å². The van der Waals surface area contributed by atoms with Crippen molar-refractivity contribution in [3.8, 4) is 5.75 Å². The van der Waals surface area contributed by atoms with E-state index in [0.717, 1.165) is 11.3 Å². The van der Waals surface area contributed by atoms with Gasteiger partial charge in [0, 0.05) is 18.2 Å². The number of methoxy groups -OCH3 is 1. The van der Waals surface area contributed by atoms with Crippen molar-refractivity contribution >= 4 is 6.03 Å². The van der Waals surface area contributed by atoms with Crippen molar-refractivity contribution in [1.29, 1.82) is 0 Å². The molecule has 2 N–H and O–H groups in total. The molecule has 0 spiro atoms. The van der Waals surface area contributed by atoms with Gasteiger partial charge in [-0.3, -0.25) is 0 Å². The van der Waals surface area contributed by atoms with Gasteiger partial charge in [0.25, 0.3) is 0 Å². The Balaban J connectivity index is 2.70. The summed E-state index contributed by atoms with van der Waals surface area (Å²) in [6.07, 6.45) is 0. The summed E-state index contributed by atoms with van der Waals surface area (Å²) in [4.78, 5) is 11.5. The summed E-state index contributed by atoms with van der Waals surface area (Å²) >= 11 is 0. The second kappa shape index (κ2) is 7.02. The third kappa shape index (κ3) is 4.81. The summed E-state index contributed by atoms with van der Waals surface area (Å²) in [6, 6.07) is 6.08. The van der Waals surface area contributed by atoms with Crippen molar-refractivity contribution in [1.82, 2.24) is 10.6 Å². The first-order valence-electron chi connectivity index (χ1n) is 6.65. The van der Waals surface area contributed by atoms with Crippen LogP contribution in [0.1, 0.15) is 44.7 Å². The number of rotatable bonds is 5. The molecule has 0 radical (unpaired) electrons. The van der Waals surface area contributed by atoms with E-state index in [1.165, 1.54) is 5.56 Å². The van der Waals surface area contributed by atoms with E-state index in [-0.39, 0.29) is 12.1 Å². The molecule has 4 heteroatoms. The van der Waals surface area contributed by atoms with Crippen molar-refractivity contribution in [2.75, 3.05) is 7.11 Å². The highest BCUT2D eigenvalue weighted by Crippen LogP contribution is 2.24. The summed E-state index contributed by atoms with van der Waals surface area (Å²) < 4.78 is 5.38. The van der Waals surface area contributed by atoms with Crippen LogP contribution >= 0.6 is 0 Å². The van der Waals surface area contributed by atoms with Crippen LogP contribution in [0, 0.1) is 0 Å². The Labute approximate surface area is 115 Å². The lowest BCUT2D eigenvalue weighted by molar-refractivity contribution is 0.238. The van der Waals surface area contributed by atoms with Gasteiger partial charge in [0.05, 0.1) is 7.11 Å². The Bertz CT molecular complexity index is 428. The van der Waals surface area contributed by atoms with E-state index in [0.29, 0.717) is 12.5 Å². The van der Waals surface area contributed by atoms with Crippen LogP contribution in [-0.4, -0.2) is 19.2 Å². The van der Waals surface area contributed by atoms with E-state index in [4.69, 9.17) is 4.74 Å². The topological polar surface area (TPSA) is 50.4 Å². The average molecular weight is 264 g/mol. The fourth-order valence-corrected chi connectivity index (χ4v) is 1.76. The molecule has 0 saturated heterocycles. The fourth-order valence-electron chi connectivity index (χ4n) is 1.76. The average Bonchev–Trinajstić information content (AvgIpc) is 2.35. The Hall–Kier alpha value is -1.71. The molecular formula is C15H24N2O2. The minimum Gasteiger partial charge on any atom is -0.496 e. The van der Waals surface area contributed by atoms with E-state index in [9.17, 15) is 4.79 Å². The molecule has 0 aliphatic rings. The monoisotopic (exact) mass is 264 g/mol. The number of hydrogen-bond donors (Lipinski definition) is 2. The van der Waals surface area contributed by atoms with Crippen LogP contribution in [0.25, 0.3) is 0 Å². The van der Waals surface area contributed by atoms with Gasteiger partial charge in [-0.05, 0) is 31.4 Å². The second-order valence-corrected chi connectivity index (χ2v) is 5.21. The maximum atomic E-state index is 11.5. The van der Waals surface area contributed by atoms with Crippen LogP contribution in [0.3, 0.4) is 0 Å². The highest BCUT2D eigenvalue weighted by atomic mass is 16.5. The number of carbonyl (C=O) groups is 1. The van der Waals surface area contributed by atoms with Gasteiger partial charge in [-0.25, -0.2) is 4.79 Å². The molecule has 19 heavy (non-hydrogen) atoms. The van der Waals surface area contributed by atoms with E-state index in [1.54, 1.807) is 7.11 Å². The standard InChI is InChI=1S/C15H24N2O2/c1-10(2)12-6-7-13(14(8-12)19-5)9-16-15(18)17-11(3)4/h6-8,10-11H,9H2,1-5H3,(H2,16,17,18). The molecule has 1 aromatic carbocycles. The van der Waals surface area contributed by atoms with Crippen LogP contribution in [-0.2, 0) is 6.54 Å². The summed E-state index contributed by atoms with van der Waals surface area (Å²) in [5, 5.41) is 5.61. The first kappa shape index (κ1) is 15.3. The second-order valence-electron chi connectivity index (χ2n) is 5.21.